The van der Waals surface area contributed by atoms with E-state index in [0.29, 0.717) is 0 Å². The summed E-state index contributed by atoms with van der Waals surface area (Å²) in [6.07, 6.45) is 10.9. The predicted molar refractivity (Wildman–Crippen MR) is 125 cm³/mol. The lowest BCUT2D eigenvalue weighted by molar-refractivity contribution is -0.132. The van der Waals surface area contributed by atoms with Gasteiger partial charge in [-0.25, -0.2) is 0 Å². The molecule has 1 saturated carbocycles. The fourth-order valence-corrected chi connectivity index (χ4v) is 5.33. The van der Waals surface area contributed by atoms with E-state index in [1.165, 1.54) is 25.7 Å². The number of pyridine rings is 1. The highest BCUT2D eigenvalue weighted by Crippen LogP contribution is 2.35. The van der Waals surface area contributed by atoms with Crippen LogP contribution in [0.4, 0.5) is 5.69 Å². The number of aromatic nitrogens is 1. The van der Waals surface area contributed by atoms with Crippen LogP contribution < -0.4 is 15.4 Å². The predicted octanol–water partition coefficient (Wildman–Crippen LogP) is 4.69. The number of amides is 1. The Kier molecular flexibility index (Phi) is 6.65. The number of hydrogen-bond donors (Lipinski definition) is 2. The zero-order valence-corrected chi connectivity index (χ0v) is 19.1. The molecule has 1 aromatic carbocycles. The van der Waals surface area contributed by atoms with Crippen LogP contribution in [0.5, 0.6) is 5.75 Å². The van der Waals surface area contributed by atoms with E-state index in [0.717, 1.165) is 54.6 Å². The molecule has 168 valence electrons. The molecule has 2 heterocycles. The van der Waals surface area contributed by atoms with Gasteiger partial charge < -0.3 is 15.0 Å². The topological polar surface area (TPSA) is 66.5 Å². The molecule has 1 spiro atoms. The molecule has 1 aromatic heterocycles. The van der Waals surface area contributed by atoms with Gasteiger partial charge in [-0.15, -0.1) is 0 Å². The van der Waals surface area contributed by atoms with Crippen molar-refractivity contribution in [2.24, 2.45) is 0 Å². The average molecular weight is 425 g/mol. The molecule has 1 saturated heterocycles. The average Bonchev–Trinajstić information content (AvgIpc) is 2.92. The third kappa shape index (κ3) is 4.64. The first kappa shape index (κ1) is 21.9. The minimum Gasteiger partial charge on any atom is -0.497 e. The SMILES string of the molecule is COc1cc(NC(C)CCCN2C(=O)[C@H](C)NC23CCCCCC3)c2ncccc2c1. The van der Waals surface area contributed by atoms with Crippen LogP contribution in [-0.4, -0.2) is 47.2 Å². The summed E-state index contributed by atoms with van der Waals surface area (Å²) in [6, 6.07) is 8.23. The molecule has 6 heteroatoms. The number of rotatable bonds is 7. The maximum absolute atomic E-state index is 12.9. The number of anilines is 1. The van der Waals surface area contributed by atoms with Crippen molar-refractivity contribution < 1.29 is 9.53 Å². The van der Waals surface area contributed by atoms with Crippen molar-refractivity contribution in [3.05, 3.63) is 30.5 Å². The number of carbonyl (C=O) groups excluding carboxylic acids is 1. The van der Waals surface area contributed by atoms with E-state index in [4.69, 9.17) is 4.74 Å². The van der Waals surface area contributed by atoms with E-state index in [1.54, 1.807) is 7.11 Å². The van der Waals surface area contributed by atoms with Gasteiger partial charge in [-0.05, 0) is 64.5 Å². The number of methoxy groups -OCH3 is 1. The molecule has 2 aromatic rings. The second-order valence-electron chi connectivity index (χ2n) is 9.24. The van der Waals surface area contributed by atoms with Crippen LogP contribution in [0.3, 0.4) is 0 Å². The Morgan fingerprint density at radius 3 is 2.81 bits per heavy atom. The number of nitrogens with zero attached hydrogens (tertiary/aromatic N) is 2. The van der Waals surface area contributed by atoms with Crippen molar-refractivity contribution in [3.8, 4) is 5.75 Å². The quantitative estimate of drug-likeness (QED) is 0.675. The molecule has 2 atom stereocenters. The van der Waals surface area contributed by atoms with E-state index in [1.807, 2.05) is 31.3 Å². The molecule has 4 rings (SSSR count). The Morgan fingerprint density at radius 2 is 2.06 bits per heavy atom. The second-order valence-corrected chi connectivity index (χ2v) is 9.24. The summed E-state index contributed by atoms with van der Waals surface area (Å²) >= 11 is 0. The van der Waals surface area contributed by atoms with E-state index < -0.39 is 0 Å². The third-order valence-electron chi connectivity index (χ3n) is 6.90. The molecule has 2 fully saturated rings. The zero-order valence-electron chi connectivity index (χ0n) is 19.1. The van der Waals surface area contributed by atoms with Crippen molar-refractivity contribution in [2.75, 3.05) is 19.0 Å². The Hall–Kier alpha value is -2.34. The minimum atomic E-state index is -0.114. The minimum absolute atomic E-state index is 0.0668. The van der Waals surface area contributed by atoms with Crippen LogP contribution >= 0.6 is 0 Å². The smallest absolute Gasteiger partial charge is 0.240 e. The maximum atomic E-state index is 12.9. The van der Waals surface area contributed by atoms with Gasteiger partial charge in [0, 0.05) is 30.2 Å². The fraction of sp³-hybridized carbons (Fsp3) is 0.600. The number of benzene rings is 1. The highest BCUT2D eigenvalue weighted by atomic mass is 16.5. The second kappa shape index (κ2) is 9.43. The van der Waals surface area contributed by atoms with E-state index >= 15 is 0 Å². The number of carbonyl (C=O) groups is 1. The molecule has 1 amide bonds. The van der Waals surface area contributed by atoms with Gasteiger partial charge in [0.1, 0.15) is 5.75 Å². The molecule has 1 aliphatic carbocycles. The molecule has 1 unspecified atom stereocenters. The van der Waals surface area contributed by atoms with Crippen LogP contribution in [-0.2, 0) is 4.79 Å². The zero-order chi connectivity index (χ0) is 21.8. The van der Waals surface area contributed by atoms with Crippen molar-refractivity contribution in [1.82, 2.24) is 15.2 Å². The van der Waals surface area contributed by atoms with Gasteiger partial charge in [0.15, 0.2) is 0 Å². The first-order valence-electron chi connectivity index (χ1n) is 11.8. The Balaban J connectivity index is 1.39. The fourth-order valence-electron chi connectivity index (χ4n) is 5.33. The summed E-state index contributed by atoms with van der Waals surface area (Å²) in [5.74, 6) is 1.10. The summed E-state index contributed by atoms with van der Waals surface area (Å²) in [7, 11) is 1.69. The van der Waals surface area contributed by atoms with Crippen molar-refractivity contribution in [3.63, 3.8) is 0 Å². The Labute approximate surface area is 185 Å². The van der Waals surface area contributed by atoms with Gasteiger partial charge in [-0.2, -0.15) is 0 Å². The standard InChI is InChI=1S/C25H36N4O2/c1-18(27-22-17-21(31-3)16-20-11-8-14-26-23(20)22)10-9-15-29-24(30)19(2)28-25(29)12-6-4-5-7-13-25/h8,11,14,16-19,27-28H,4-7,9-10,12-13,15H2,1-3H3/t18?,19-/m0/s1. The van der Waals surface area contributed by atoms with Gasteiger partial charge in [-0.1, -0.05) is 18.9 Å². The summed E-state index contributed by atoms with van der Waals surface area (Å²) in [4.78, 5) is 19.6. The molecule has 0 radical (unpaired) electrons. The molecular formula is C25H36N4O2. The van der Waals surface area contributed by atoms with Gasteiger partial charge in [-0.3, -0.25) is 15.1 Å². The summed E-state index contributed by atoms with van der Waals surface area (Å²) in [5.41, 5.74) is 1.84. The molecule has 2 N–H and O–H groups in total. The van der Waals surface area contributed by atoms with E-state index in [-0.39, 0.29) is 23.7 Å². The molecule has 0 bridgehead atoms. The highest BCUT2D eigenvalue weighted by molar-refractivity contribution is 5.92. The first-order chi connectivity index (χ1) is 15.0. The normalized spacial score (nSPS) is 22.0. The Morgan fingerprint density at radius 1 is 1.29 bits per heavy atom. The number of fused-ring (bicyclic) bond motifs is 1. The van der Waals surface area contributed by atoms with Crippen molar-refractivity contribution >= 4 is 22.5 Å². The third-order valence-corrected chi connectivity index (χ3v) is 6.90. The molecular weight excluding hydrogens is 388 g/mol. The van der Waals surface area contributed by atoms with Crippen molar-refractivity contribution in [1.29, 1.82) is 0 Å². The van der Waals surface area contributed by atoms with Gasteiger partial charge in [0.05, 0.1) is 30.0 Å². The van der Waals surface area contributed by atoms with Crippen LogP contribution in [0.2, 0.25) is 0 Å². The van der Waals surface area contributed by atoms with Gasteiger partial charge in [0.2, 0.25) is 5.91 Å². The monoisotopic (exact) mass is 424 g/mol. The lowest BCUT2D eigenvalue weighted by Gasteiger charge is -2.38. The van der Waals surface area contributed by atoms with Crippen LogP contribution in [0, 0.1) is 0 Å². The maximum Gasteiger partial charge on any atom is 0.240 e. The van der Waals surface area contributed by atoms with Gasteiger partial charge >= 0.3 is 0 Å². The lowest BCUT2D eigenvalue weighted by atomic mass is 9.99. The van der Waals surface area contributed by atoms with Crippen molar-refractivity contribution in [2.45, 2.75) is 83.0 Å². The van der Waals surface area contributed by atoms with E-state index in [2.05, 4.69) is 33.5 Å². The summed E-state index contributed by atoms with van der Waals surface area (Å²) in [6.45, 7) is 5.03. The molecule has 1 aliphatic heterocycles. The number of hydrogen-bond acceptors (Lipinski definition) is 5. The van der Waals surface area contributed by atoms with E-state index in [9.17, 15) is 4.79 Å². The first-order valence-corrected chi connectivity index (χ1v) is 11.8. The lowest BCUT2D eigenvalue weighted by Crippen LogP contribution is -2.52. The van der Waals surface area contributed by atoms with Crippen LogP contribution in [0.1, 0.15) is 65.2 Å². The van der Waals surface area contributed by atoms with Crippen LogP contribution in [0.25, 0.3) is 10.9 Å². The largest absolute Gasteiger partial charge is 0.497 e. The Bertz CT molecular complexity index is 908. The highest BCUT2D eigenvalue weighted by Gasteiger charge is 2.47. The molecule has 2 aliphatic rings. The summed E-state index contributed by atoms with van der Waals surface area (Å²) in [5, 5.41) is 8.35. The molecule has 31 heavy (non-hydrogen) atoms. The number of ether oxygens (including phenoxy) is 1. The van der Waals surface area contributed by atoms with Crippen LogP contribution in [0.15, 0.2) is 30.5 Å². The number of nitrogens with one attached hydrogen (secondary N) is 2. The summed E-state index contributed by atoms with van der Waals surface area (Å²) < 4.78 is 5.47. The molecule has 6 nitrogen and oxygen atoms in total. The van der Waals surface area contributed by atoms with Gasteiger partial charge in [0.25, 0.3) is 0 Å².